The smallest absolute Gasteiger partial charge is 0.00285 e. The van der Waals surface area contributed by atoms with Crippen molar-refractivity contribution in [3.8, 4) is 0 Å². The van der Waals surface area contributed by atoms with Gasteiger partial charge < -0.3 is 5.32 Å². The van der Waals surface area contributed by atoms with Gasteiger partial charge in [0.2, 0.25) is 0 Å². The minimum absolute atomic E-state index is 0.493. The fraction of sp³-hybridized carbons (Fsp3) is 0.647. The van der Waals surface area contributed by atoms with Crippen LogP contribution in [0, 0.1) is 10.8 Å². The summed E-state index contributed by atoms with van der Waals surface area (Å²) in [6.45, 7) is 7.25. The SMILES string of the molecule is CC1(C)CSCC2(CCNCC2c2ccccc2)C1. The Morgan fingerprint density at radius 1 is 1.16 bits per heavy atom. The van der Waals surface area contributed by atoms with Gasteiger partial charge in [0.25, 0.3) is 0 Å². The molecule has 2 saturated heterocycles. The Labute approximate surface area is 121 Å². The normalized spacial score (nSPS) is 34.3. The zero-order valence-corrected chi connectivity index (χ0v) is 12.9. The molecule has 1 nitrogen and oxygen atoms in total. The van der Waals surface area contributed by atoms with Gasteiger partial charge >= 0.3 is 0 Å². The minimum atomic E-state index is 0.493. The summed E-state index contributed by atoms with van der Waals surface area (Å²) in [5, 5.41) is 3.62. The van der Waals surface area contributed by atoms with Gasteiger partial charge in [0.15, 0.2) is 0 Å². The molecular weight excluding hydrogens is 250 g/mol. The molecule has 1 aromatic rings. The van der Waals surface area contributed by atoms with Crippen LogP contribution in [0.25, 0.3) is 0 Å². The Balaban J connectivity index is 1.92. The number of thioether (sulfide) groups is 1. The van der Waals surface area contributed by atoms with Crippen molar-refractivity contribution in [3.63, 3.8) is 0 Å². The van der Waals surface area contributed by atoms with Crippen LogP contribution < -0.4 is 5.32 Å². The molecule has 104 valence electrons. The van der Waals surface area contributed by atoms with Gasteiger partial charge in [-0.15, -0.1) is 0 Å². The highest BCUT2D eigenvalue weighted by Gasteiger charge is 2.47. The second-order valence-electron chi connectivity index (χ2n) is 7.11. The molecule has 3 rings (SSSR count). The summed E-state index contributed by atoms with van der Waals surface area (Å²) in [5.74, 6) is 3.36. The summed E-state index contributed by atoms with van der Waals surface area (Å²) < 4.78 is 0. The molecule has 1 N–H and O–H groups in total. The first kappa shape index (κ1) is 13.5. The first-order chi connectivity index (χ1) is 9.11. The highest BCUT2D eigenvalue weighted by molar-refractivity contribution is 7.99. The van der Waals surface area contributed by atoms with Crippen molar-refractivity contribution >= 4 is 11.8 Å². The van der Waals surface area contributed by atoms with Crippen LogP contribution in [0.4, 0.5) is 0 Å². The predicted molar refractivity (Wildman–Crippen MR) is 84.8 cm³/mol. The Hall–Kier alpha value is -0.470. The zero-order valence-electron chi connectivity index (χ0n) is 12.1. The van der Waals surface area contributed by atoms with E-state index in [-0.39, 0.29) is 0 Å². The van der Waals surface area contributed by atoms with Crippen molar-refractivity contribution < 1.29 is 0 Å². The molecule has 0 radical (unpaired) electrons. The quantitative estimate of drug-likeness (QED) is 0.834. The number of hydrogen-bond donors (Lipinski definition) is 1. The number of nitrogens with one attached hydrogen (secondary N) is 1. The molecule has 2 atom stereocenters. The summed E-state index contributed by atoms with van der Waals surface area (Å²) in [5.41, 5.74) is 2.54. The Morgan fingerprint density at radius 3 is 2.68 bits per heavy atom. The standard InChI is InChI=1S/C17H25NS/c1-16(2)11-17(13-19-12-16)8-9-18-10-15(17)14-6-4-3-5-7-14/h3-7,15,18H,8-13H2,1-2H3. The Kier molecular flexibility index (Phi) is 3.65. The van der Waals surface area contributed by atoms with Crippen LogP contribution >= 0.6 is 11.8 Å². The van der Waals surface area contributed by atoms with E-state index in [1.54, 1.807) is 0 Å². The van der Waals surface area contributed by atoms with Gasteiger partial charge in [-0.2, -0.15) is 11.8 Å². The fourth-order valence-electron chi connectivity index (χ4n) is 4.10. The van der Waals surface area contributed by atoms with E-state index in [1.165, 1.54) is 36.5 Å². The average Bonchev–Trinajstić information content (AvgIpc) is 2.39. The average molecular weight is 275 g/mol. The first-order valence-electron chi connectivity index (χ1n) is 7.45. The maximum Gasteiger partial charge on any atom is 0.00285 e. The van der Waals surface area contributed by atoms with Crippen molar-refractivity contribution in [2.24, 2.45) is 10.8 Å². The van der Waals surface area contributed by atoms with Gasteiger partial charge in [0, 0.05) is 12.5 Å². The van der Waals surface area contributed by atoms with E-state index >= 15 is 0 Å². The molecule has 2 unspecified atom stereocenters. The molecule has 0 aromatic heterocycles. The molecular formula is C17H25NS. The van der Waals surface area contributed by atoms with E-state index in [4.69, 9.17) is 0 Å². The van der Waals surface area contributed by atoms with Crippen molar-refractivity contribution in [2.75, 3.05) is 24.6 Å². The molecule has 1 spiro atoms. The van der Waals surface area contributed by atoms with Crippen LogP contribution in [0.1, 0.15) is 38.2 Å². The van der Waals surface area contributed by atoms with Crippen LogP contribution in [0.3, 0.4) is 0 Å². The van der Waals surface area contributed by atoms with Crippen LogP contribution in [0.5, 0.6) is 0 Å². The van der Waals surface area contributed by atoms with Gasteiger partial charge in [0.1, 0.15) is 0 Å². The molecule has 0 saturated carbocycles. The van der Waals surface area contributed by atoms with E-state index in [2.05, 4.69) is 61.3 Å². The lowest BCUT2D eigenvalue weighted by molar-refractivity contribution is 0.115. The van der Waals surface area contributed by atoms with Gasteiger partial charge in [-0.3, -0.25) is 0 Å². The van der Waals surface area contributed by atoms with Crippen LogP contribution in [-0.4, -0.2) is 24.6 Å². The molecule has 2 aliphatic rings. The molecule has 19 heavy (non-hydrogen) atoms. The first-order valence-corrected chi connectivity index (χ1v) is 8.60. The van der Waals surface area contributed by atoms with Crippen molar-refractivity contribution in [1.29, 1.82) is 0 Å². The molecule has 0 aliphatic carbocycles. The molecule has 2 heterocycles. The maximum atomic E-state index is 3.62. The third-order valence-electron chi connectivity index (χ3n) is 4.80. The molecule has 2 fully saturated rings. The molecule has 2 aliphatic heterocycles. The van der Waals surface area contributed by atoms with E-state index < -0.39 is 0 Å². The Bertz CT molecular complexity index is 424. The van der Waals surface area contributed by atoms with Crippen molar-refractivity contribution in [2.45, 2.75) is 32.6 Å². The summed E-state index contributed by atoms with van der Waals surface area (Å²) in [6, 6.07) is 11.2. The highest BCUT2D eigenvalue weighted by atomic mass is 32.2. The molecule has 2 heteroatoms. The van der Waals surface area contributed by atoms with Gasteiger partial charge in [0.05, 0.1) is 0 Å². The second-order valence-corrected chi connectivity index (χ2v) is 8.10. The van der Waals surface area contributed by atoms with Crippen molar-refractivity contribution in [1.82, 2.24) is 5.32 Å². The predicted octanol–water partition coefficient (Wildman–Crippen LogP) is 3.91. The number of benzene rings is 1. The maximum absolute atomic E-state index is 3.62. The lowest BCUT2D eigenvalue weighted by Gasteiger charge is -2.51. The van der Waals surface area contributed by atoms with Crippen molar-refractivity contribution in [3.05, 3.63) is 35.9 Å². The molecule has 0 amide bonds. The largest absolute Gasteiger partial charge is 0.316 e. The number of hydrogen-bond acceptors (Lipinski definition) is 2. The second kappa shape index (κ2) is 5.14. The summed E-state index contributed by atoms with van der Waals surface area (Å²) in [6.07, 6.45) is 2.72. The van der Waals surface area contributed by atoms with Gasteiger partial charge in [-0.25, -0.2) is 0 Å². The minimum Gasteiger partial charge on any atom is -0.316 e. The molecule has 1 aromatic carbocycles. The van der Waals surface area contributed by atoms with Crippen LogP contribution in [0.2, 0.25) is 0 Å². The van der Waals surface area contributed by atoms with Gasteiger partial charge in [-0.05, 0) is 47.3 Å². The van der Waals surface area contributed by atoms with E-state index in [0.29, 0.717) is 16.7 Å². The topological polar surface area (TPSA) is 12.0 Å². The summed E-state index contributed by atoms with van der Waals surface area (Å²) in [7, 11) is 0. The van der Waals surface area contributed by atoms with Crippen LogP contribution in [0.15, 0.2) is 30.3 Å². The Morgan fingerprint density at radius 2 is 1.95 bits per heavy atom. The van der Waals surface area contributed by atoms with E-state index in [0.717, 1.165) is 6.54 Å². The lowest BCUT2D eigenvalue weighted by Crippen LogP contribution is -2.49. The highest BCUT2D eigenvalue weighted by Crippen LogP contribution is 2.54. The van der Waals surface area contributed by atoms with E-state index in [1.807, 2.05) is 0 Å². The third kappa shape index (κ3) is 2.71. The zero-order chi connectivity index (χ0) is 13.3. The number of piperidine rings is 1. The summed E-state index contributed by atoms with van der Waals surface area (Å²) in [4.78, 5) is 0. The van der Waals surface area contributed by atoms with Gasteiger partial charge in [-0.1, -0.05) is 44.2 Å². The number of rotatable bonds is 1. The molecule has 0 bridgehead atoms. The summed E-state index contributed by atoms with van der Waals surface area (Å²) >= 11 is 2.18. The third-order valence-corrected chi connectivity index (χ3v) is 6.57. The lowest BCUT2D eigenvalue weighted by atomic mass is 9.62. The monoisotopic (exact) mass is 275 g/mol. The fourth-order valence-corrected chi connectivity index (χ4v) is 5.71. The van der Waals surface area contributed by atoms with E-state index in [9.17, 15) is 0 Å². The van der Waals surface area contributed by atoms with Crippen LogP contribution in [-0.2, 0) is 0 Å².